The van der Waals surface area contributed by atoms with Crippen molar-refractivity contribution in [2.75, 3.05) is 0 Å². The zero-order valence-corrected chi connectivity index (χ0v) is 11.3. The van der Waals surface area contributed by atoms with Crippen LogP contribution in [0, 0.1) is 5.41 Å². The fourth-order valence-corrected chi connectivity index (χ4v) is 1.81. The van der Waals surface area contributed by atoms with Gasteiger partial charge in [0.2, 0.25) is 5.91 Å². The van der Waals surface area contributed by atoms with E-state index in [0.717, 1.165) is 12.8 Å². The normalized spacial score (nSPS) is 19.3. The molecule has 0 radical (unpaired) electrons. The highest BCUT2D eigenvalue weighted by molar-refractivity contribution is 5.89. The Kier molecular flexibility index (Phi) is 3.19. The zero-order chi connectivity index (χ0) is 13.4. The summed E-state index contributed by atoms with van der Waals surface area (Å²) in [6.45, 7) is 7.06. The van der Waals surface area contributed by atoms with Gasteiger partial charge in [-0.2, -0.15) is 0 Å². The molecule has 0 aliphatic heterocycles. The first-order valence-electron chi connectivity index (χ1n) is 6.37. The van der Waals surface area contributed by atoms with Gasteiger partial charge in [-0.1, -0.05) is 20.8 Å². The van der Waals surface area contributed by atoms with E-state index in [1.54, 1.807) is 12.5 Å². The summed E-state index contributed by atoms with van der Waals surface area (Å²) >= 11 is 0. The van der Waals surface area contributed by atoms with Gasteiger partial charge >= 0.3 is 0 Å². The lowest BCUT2D eigenvalue weighted by atomic mass is 9.86. The molecule has 1 aromatic rings. The monoisotopic (exact) mass is 250 g/mol. The number of rotatable bonds is 4. The maximum absolute atomic E-state index is 12.1. The van der Waals surface area contributed by atoms with Crippen molar-refractivity contribution >= 4 is 5.91 Å². The summed E-state index contributed by atoms with van der Waals surface area (Å²) in [7, 11) is 0. The van der Waals surface area contributed by atoms with Crippen LogP contribution in [0.15, 0.2) is 18.7 Å². The molecule has 100 valence electrons. The molecule has 1 unspecified atom stereocenters. The van der Waals surface area contributed by atoms with Gasteiger partial charge in [0.15, 0.2) is 0 Å². The van der Waals surface area contributed by atoms with Crippen LogP contribution in [0.25, 0.3) is 0 Å². The summed E-state index contributed by atoms with van der Waals surface area (Å²) in [5.41, 5.74) is 5.29. The molecular weight excluding hydrogens is 228 g/mol. The van der Waals surface area contributed by atoms with Gasteiger partial charge in [0.25, 0.3) is 0 Å². The standard InChI is InChI=1S/C13H22N4O/c1-12(2,3)10(8-17-7-6-15-9-17)16-11(18)13(14)4-5-13/h6-7,9-10H,4-5,8,14H2,1-3H3,(H,16,18). The maximum atomic E-state index is 12.1. The Labute approximate surface area is 108 Å². The molecule has 1 aromatic heterocycles. The van der Waals surface area contributed by atoms with Crippen LogP contribution in [0.5, 0.6) is 0 Å². The molecule has 5 heteroatoms. The predicted molar refractivity (Wildman–Crippen MR) is 69.8 cm³/mol. The van der Waals surface area contributed by atoms with Crippen LogP contribution in [0.4, 0.5) is 0 Å². The van der Waals surface area contributed by atoms with E-state index in [9.17, 15) is 4.79 Å². The van der Waals surface area contributed by atoms with Gasteiger partial charge in [-0.3, -0.25) is 4.79 Å². The molecule has 0 bridgehead atoms. The molecule has 1 saturated carbocycles. The van der Waals surface area contributed by atoms with Crippen molar-refractivity contribution < 1.29 is 4.79 Å². The molecule has 1 aliphatic carbocycles. The number of hydrogen-bond donors (Lipinski definition) is 2. The number of nitrogens with one attached hydrogen (secondary N) is 1. The van der Waals surface area contributed by atoms with Gasteiger partial charge in [-0.15, -0.1) is 0 Å². The Morgan fingerprint density at radius 3 is 2.67 bits per heavy atom. The molecule has 5 nitrogen and oxygen atoms in total. The first kappa shape index (κ1) is 13.1. The molecule has 2 rings (SSSR count). The summed E-state index contributed by atoms with van der Waals surface area (Å²) in [6, 6.07) is 0.0419. The molecule has 1 heterocycles. The lowest BCUT2D eigenvalue weighted by Crippen LogP contribution is -2.52. The third kappa shape index (κ3) is 2.90. The van der Waals surface area contributed by atoms with Crippen LogP contribution in [0.3, 0.4) is 0 Å². The molecule has 1 aliphatic rings. The van der Waals surface area contributed by atoms with E-state index in [2.05, 4.69) is 31.1 Å². The van der Waals surface area contributed by atoms with Crippen molar-refractivity contribution in [3.63, 3.8) is 0 Å². The minimum atomic E-state index is -0.613. The smallest absolute Gasteiger partial charge is 0.240 e. The number of carbonyl (C=O) groups excluding carboxylic acids is 1. The molecule has 1 amide bonds. The van der Waals surface area contributed by atoms with Crippen LogP contribution < -0.4 is 11.1 Å². The first-order valence-corrected chi connectivity index (χ1v) is 6.37. The van der Waals surface area contributed by atoms with E-state index in [0.29, 0.717) is 6.54 Å². The van der Waals surface area contributed by atoms with Crippen molar-refractivity contribution in [3.05, 3.63) is 18.7 Å². The van der Waals surface area contributed by atoms with Crippen LogP contribution in [0.1, 0.15) is 33.6 Å². The average Bonchev–Trinajstić information content (AvgIpc) is 2.82. The van der Waals surface area contributed by atoms with Crippen molar-refractivity contribution in [2.24, 2.45) is 11.1 Å². The average molecular weight is 250 g/mol. The number of nitrogens with two attached hydrogens (primary N) is 1. The van der Waals surface area contributed by atoms with Gasteiger partial charge in [0.1, 0.15) is 0 Å². The molecule has 0 saturated heterocycles. The summed E-state index contributed by atoms with van der Waals surface area (Å²) in [4.78, 5) is 16.1. The highest BCUT2D eigenvalue weighted by Crippen LogP contribution is 2.33. The Bertz CT molecular complexity index is 415. The molecule has 0 aromatic carbocycles. The van der Waals surface area contributed by atoms with Crippen molar-refractivity contribution in [1.82, 2.24) is 14.9 Å². The summed E-state index contributed by atoms with van der Waals surface area (Å²) in [6.07, 6.45) is 6.99. The van der Waals surface area contributed by atoms with E-state index in [-0.39, 0.29) is 17.4 Å². The van der Waals surface area contributed by atoms with Gasteiger partial charge < -0.3 is 15.6 Å². The van der Waals surface area contributed by atoms with E-state index >= 15 is 0 Å². The Balaban J connectivity index is 2.04. The molecular formula is C13H22N4O. The maximum Gasteiger partial charge on any atom is 0.240 e. The van der Waals surface area contributed by atoms with Crippen LogP contribution in [-0.2, 0) is 11.3 Å². The largest absolute Gasteiger partial charge is 0.349 e. The third-order valence-corrected chi connectivity index (χ3v) is 3.54. The van der Waals surface area contributed by atoms with E-state index in [1.807, 2.05) is 10.8 Å². The van der Waals surface area contributed by atoms with E-state index in [4.69, 9.17) is 5.73 Å². The highest BCUT2D eigenvalue weighted by Gasteiger charge is 2.47. The second-order valence-electron chi connectivity index (χ2n) is 6.31. The lowest BCUT2D eigenvalue weighted by Gasteiger charge is -2.32. The SMILES string of the molecule is CC(C)(C)C(Cn1ccnc1)NC(=O)C1(N)CC1. The fourth-order valence-electron chi connectivity index (χ4n) is 1.81. The lowest BCUT2D eigenvalue weighted by molar-refractivity contribution is -0.124. The minimum Gasteiger partial charge on any atom is -0.349 e. The van der Waals surface area contributed by atoms with Crippen LogP contribution >= 0.6 is 0 Å². The number of imidazole rings is 1. The minimum absolute atomic E-state index is 0.0226. The van der Waals surface area contributed by atoms with Crippen molar-refractivity contribution in [2.45, 2.75) is 51.7 Å². The molecule has 0 spiro atoms. The predicted octanol–water partition coefficient (Wildman–Crippen LogP) is 0.905. The second kappa shape index (κ2) is 4.39. The Hall–Kier alpha value is -1.36. The highest BCUT2D eigenvalue weighted by atomic mass is 16.2. The van der Waals surface area contributed by atoms with Crippen LogP contribution in [0.2, 0.25) is 0 Å². The summed E-state index contributed by atoms with van der Waals surface area (Å²) in [5.74, 6) is -0.0254. The molecule has 1 fully saturated rings. The quantitative estimate of drug-likeness (QED) is 0.834. The van der Waals surface area contributed by atoms with Gasteiger partial charge in [-0.05, 0) is 18.3 Å². The number of nitrogens with zero attached hydrogens (tertiary/aromatic N) is 2. The number of amides is 1. The Morgan fingerprint density at radius 2 is 2.22 bits per heavy atom. The second-order valence-corrected chi connectivity index (χ2v) is 6.31. The van der Waals surface area contributed by atoms with Gasteiger partial charge in [0, 0.05) is 18.9 Å². The molecule has 18 heavy (non-hydrogen) atoms. The summed E-state index contributed by atoms with van der Waals surface area (Å²) < 4.78 is 1.98. The number of hydrogen-bond acceptors (Lipinski definition) is 3. The fraction of sp³-hybridized carbons (Fsp3) is 0.692. The van der Waals surface area contributed by atoms with Gasteiger partial charge in [0.05, 0.1) is 17.9 Å². The summed E-state index contributed by atoms with van der Waals surface area (Å²) in [5, 5.41) is 3.09. The van der Waals surface area contributed by atoms with Crippen LogP contribution in [-0.4, -0.2) is 27.0 Å². The molecule has 3 N–H and O–H groups in total. The first-order chi connectivity index (χ1) is 8.31. The number of aromatic nitrogens is 2. The third-order valence-electron chi connectivity index (χ3n) is 3.54. The van der Waals surface area contributed by atoms with E-state index in [1.165, 1.54) is 0 Å². The van der Waals surface area contributed by atoms with Gasteiger partial charge in [-0.25, -0.2) is 4.98 Å². The topological polar surface area (TPSA) is 72.9 Å². The van der Waals surface area contributed by atoms with Crippen molar-refractivity contribution in [3.8, 4) is 0 Å². The molecule has 1 atom stereocenters. The number of carbonyl (C=O) groups is 1. The van der Waals surface area contributed by atoms with E-state index < -0.39 is 5.54 Å². The van der Waals surface area contributed by atoms with Crippen molar-refractivity contribution in [1.29, 1.82) is 0 Å². The Morgan fingerprint density at radius 1 is 1.56 bits per heavy atom. The zero-order valence-electron chi connectivity index (χ0n) is 11.3.